The van der Waals surface area contributed by atoms with Gasteiger partial charge in [0.15, 0.2) is 22.6 Å². The molecule has 1 saturated carbocycles. The first kappa shape index (κ1) is 12.6. The van der Waals surface area contributed by atoms with Crippen LogP contribution in [0.5, 0.6) is 0 Å². The fourth-order valence-corrected chi connectivity index (χ4v) is 2.99. The number of aromatic amines is 1. The first-order valence-electron chi connectivity index (χ1n) is 7.70. The largest absolute Gasteiger partial charge is 0.356 e. The van der Waals surface area contributed by atoms with Crippen LogP contribution in [0.25, 0.3) is 22.1 Å². The lowest BCUT2D eigenvalue weighted by Crippen LogP contribution is -2.09. The van der Waals surface area contributed by atoms with Crippen LogP contribution >= 0.6 is 0 Å². The summed E-state index contributed by atoms with van der Waals surface area (Å²) in [6.07, 6.45) is 6.98. The van der Waals surface area contributed by atoms with E-state index in [9.17, 15) is 0 Å². The van der Waals surface area contributed by atoms with Crippen LogP contribution in [0.2, 0.25) is 0 Å². The van der Waals surface area contributed by atoms with Crippen molar-refractivity contribution in [2.45, 2.75) is 25.2 Å². The smallest absolute Gasteiger partial charge is 0.180 e. The molecule has 0 bridgehead atoms. The van der Waals surface area contributed by atoms with Crippen LogP contribution in [-0.2, 0) is 0 Å². The standard InChI is InChI=1S/C16H14N6O/c1-2-9(3-1)13-11-5-4-10(8-12(11)23-22-13)19-16-14-15(20-21-16)18-7-6-17-14/h4-9H,1-3H2,(H2,18,19,20,21). The molecule has 0 amide bonds. The predicted molar refractivity (Wildman–Crippen MR) is 85.6 cm³/mol. The fraction of sp³-hybridized carbons (Fsp3) is 0.250. The number of anilines is 2. The Balaban J connectivity index is 1.51. The Morgan fingerprint density at radius 2 is 2.09 bits per heavy atom. The molecule has 23 heavy (non-hydrogen) atoms. The number of hydrogen-bond donors (Lipinski definition) is 2. The zero-order valence-electron chi connectivity index (χ0n) is 12.3. The Kier molecular flexibility index (Phi) is 2.61. The van der Waals surface area contributed by atoms with Crippen molar-refractivity contribution in [3.63, 3.8) is 0 Å². The van der Waals surface area contributed by atoms with Crippen LogP contribution < -0.4 is 5.32 Å². The molecule has 7 heteroatoms. The zero-order chi connectivity index (χ0) is 15.2. The first-order valence-corrected chi connectivity index (χ1v) is 7.70. The molecule has 0 aliphatic heterocycles. The van der Waals surface area contributed by atoms with Gasteiger partial charge in [-0.25, -0.2) is 9.97 Å². The van der Waals surface area contributed by atoms with Crippen molar-refractivity contribution in [3.8, 4) is 0 Å². The molecule has 0 radical (unpaired) electrons. The quantitative estimate of drug-likeness (QED) is 0.601. The van der Waals surface area contributed by atoms with Gasteiger partial charge in [0.05, 0.1) is 5.69 Å². The zero-order valence-corrected chi connectivity index (χ0v) is 12.3. The summed E-state index contributed by atoms with van der Waals surface area (Å²) in [5, 5.41) is 15.7. The number of rotatable bonds is 3. The van der Waals surface area contributed by atoms with Crippen molar-refractivity contribution in [3.05, 3.63) is 36.3 Å². The summed E-state index contributed by atoms with van der Waals surface area (Å²) >= 11 is 0. The Labute approximate surface area is 131 Å². The average Bonchev–Trinajstić information content (AvgIpc) is 3.11. The number of nitrogens with one attached hydrogen (secondary N) is 2. The number of aromatic nitrogens is 5. The Bertz CT molecular complexity index is 1000. The molecule has 1 aliphatic rings. The maximum atomic E-state index is 5.51. The molecule has 7 nitrogen and oxygen atoms in total. The minimum atomic E-state index is 0.556. The van der Waals surface area contributed by atoms with E-state index in [4.69, 9.17) is 4.52 Å². The van der Waals surface area contributed by atoms with E-state index in [2.05, 4.69) is 36.7 Å². The van der Waals surface area contributed by atoms with Gasteiger partial charge in [-0.15, -0.1) is 0 Å². The van der Waals surface area contributed by atoms with Crippen LogP contribution in [-0.4, -0.2) is 25.3 Å². The summed E-state index contributed by atoms with van der Waals surface area (Å²) in [5.74, 6) is 1.20. The van der Waals surface area contributed by atoms with Gasteiger partial charge in [-0.3, -0.25) is 5.10 Å². The minimum Gasteiger partial charge on any atom is -0.356 e. The average molecular weight is 306 g/mol. The maximum absolute atomic E-state index is 5.51. The van der Waals surface area contributed by atoms with Gasteiger partial charge >= 0.3 is 0 Å². The van der Waals surface area contributed by atoms with Crippen molar-refractivity contribution >= 4 is 33.6 Å². The van der Waals surface area contributed by atoms with Crippen LogP contribution in [0.3, 0.4) is 0 Å². The normalized spacial score (nSPS) is 15.1. The van der Waals surface area contributed by atoms with Crippen molar-refractivity contribution in [2.75, 3.05) is 5.32 Å². The monoisotopic (exact) mass is 306 g/mol. The highest BCUT2D eigenvalue weighted by molar-refractivity contribution is 5.88. The molecule has 3 aromatic heterocycles. The van der Waals surface area contributed by atoms with E-state index >= 15 is 0 Å². The maximum Gasteiger partial charge on any atom is 0.180 e. The highest BCUT2D eigenvalue weighted by atomic mass is 16.5. The molecule has 0 spiro atoms. The SMILES string of the molecule is c1cnc2c(Nc3ccc4c(C5CCC5)noc4c3)n[nH]c2n1. The van der Waals surface area contributed by atoms with E-state index in [0.29, 0.717) is 22.9 Å². The Morgan fingerprint density at radius 3 is 2.96 bits per heavy atom. The second-order valence-electron chi connectivity index (χ2n) is 5.86. The van der Waals surface area contributed by atoms with Gasteiger partial charge in [-0.2, -0.15) is 5.10 Å². The molecule has 1 aliphatic carbocycles. The molecule has 0 saturated heterocycles. The van der Waals surface area contributed by atoms with Gasteiger partial charge in [-0.05, 0) is 25.0 Å². The molecule has 114 valence electrons. The second kappa shape index (κ2) is 4.77. The van der Waals surface area contributed by atoms with E-state index in [0.717, 1.165) is 22.4 Å². The molecular weight excluding hydrogens is 292 g/mol. The molecule has 3 heterocycles. The lowest BCUT2D eigenvalue weighted by Gasteiger charge is -2.22. The molecule has 1 aromatic carbocycles. The van der Waals surface area contributed by atoms with Crippen molar-refractivity contribution < 1.29 is 4.52 Å². The van der Waals surface area contributed by atoms with Gasteiger partial charge in [0.25, 0.3) is 0 Å². The summed E-state index contributed by atoms with van der Waals surface area (Å²) in [5.41, 5.74) is 4.13. The molecule has 4 aromatic rings. The fourth-order valence-electron chi connectivity index (χ4n) is 2.99. The van der Waals surface area contributed by atoms with Crippen LogP contribution in [0, 0.1) is 0 Å². The van der Waals surface area contributed by atoms with Gasteiger partial charge in [0, 0.05) is 35.5 Å². The number of fused-ring (bicyclic) bond motifs is 2. The summed E-state index contributed by atoms with van der Waals surface area (Å²) in [6.45, 7) is 0. The Morgan fingerprint density at radius 1 is 1.17 bits per heavy atom. The number of hydrogen-bond acceptors (Lipinski definition) is 6. The van der Waals surface area contributed by atoms with Crippen LogP contribution in [0.1, 0.15) is 30.9 Å². The molecule has 2 N–H and O–H groups in total. The number of H-pyrrole nitrogens is 1. The third kappa shape index (κ3) is 1.97. The number of nitrogens with zero attached hydrogens (tertiary/aromatic N) is 4. The lowest BCUT2D eigenvalue weighted by molar-refractivity contribution is 0.375. The second-order valence-corrected chi connectivity index (χ2v) is 5.86. The topological polar surface area (TPSA) is 92.5 Å². The van der Waals surface area contributed by atoms with Gasteiger partial charge < -0.3 is 9.84 Å². The first-order chi connectivity index (χ1) is 11.4. The van der Waals surface area contributed by atoms with Crippen molar-refractivity contribution in [2.24, 2.45) is 0 Å². The van der Waals surface area contributed by atoms with Crippen molar-refractivity contribution in [1.29, 1.82) is 0 Å². The van der Waals surface area contributed by atoms with E-state index < -0.39 is 0 Å². The van der Waals surface area contributed by atoms with E-state index in [1.165, 1.54) is 19.3 Å². The van der Waals surface area contributed by atoms with Gasteiger partial charge in [0.2, 0.25) is 0 Å². The lowest BCUT2D eigenvalue weighted by atomic mass is 9.82. The molecule has 5 rings (SSSR count). The van der Waals surface area contributed by atoms with Crippen LogP contribution in [0.4, 0.5) is 11.5 Å². The molecule has 1 fully saturated rings. The molecule has 0 atom stereocenters. The summed E-state index contributed by atoms with van der Waals surface area (Å²) in [6, 6.07) is 6.02. The van der Waals surface area contributed by atoms with Crippen molar-refractivity contribution in [1.82, 2.24) is 25.3 Å². The summed E-state index contributed by atoms with van der Waals surface area (Å²) < 4.78 is 5.51. The highest BCUT2D eigenvalue weighted by Gasteiger charge is 2.25. The van der Waals surface area contributed by atoms with E-state index in [-0.39, 0.29) is 0 Å². The number of benzene rings is 1. The molecule has 0 unspecified atom stereocenters. The van der Waals surface area contributed by atoms with E-state index in [1.807, 2.05) is 12.1 Å². The highest BCUT2D eigenvalue weighted by Crippen LogP contribution is 2.39. The predicted octanol–water partition coefficient (Wildman–Crippen LogP) is 3.51. The molecular formula is C16H14N6O. The van der Waals surface area contributed by atoms with Crippen LogP contribution in [0.15, 0.2) is 35.1 Å². The van der Waals surface area contributed by atoms with Gasteiger partial charge in [-0.1, -0.05) is 11.6 Å². The minimum absolute atomic E-state index is 0.556. The third-order valence-electron chi connectivity index (χ3n) is 4.45. The van der Waals surface area contributed by atoms with E-state index in [1.54, 1.807) is 12.4 Å². The summed E-state index contributed by atoms with van der Waals surface area (Å²) in [7, 11) is 0. The summed E-state index contributed by atoms with van der Waals surface area (Å²) in [4.78, 5) is 8.47. The third-order valence-corrected chi connectivity index (χ3v) is 4.45. The van der Waals surface area contributed by atoms with Gasteiger partial charge in [0.1, 0.15) is 0 Å². The Hall–Kier alpha value is -2.96.